The molecule has 2 rings (SSSR count). The SMILES string of the molecule is Cc1cc(=O)[nH]c(Sc2cccc(NN)c2[N+](=O)[O-])n1. The summed E-state index contributed by atoms with van der Waals surface area (Å²) in [4.78, 5) is 28.9. The van der Waals surface area contributed by atoms with Gasteiger partial charge in [0.2, 0.25) is 0 Å². The highest BCUT2D eigenvalue weighted by atomic mass is 32.2. The van der Waals surface area contributed by atoms with Gasteiger partial charge in [0.1, 0.15) is 5.69 Å². The van der Waals surface area contributed by atoms with Gasteiger partial charge in [0, 0.05) is 11.8 Å². The molecule has 0 aliphatic carbocycles. The summed E-state index contributed by atoms with van der Waals surface area (Å²) in [7, 11) is 0. The van der Waals surface area contributed by atoms with Gasteiger partial charge in [0.05, 0.1) is 9.82 Å². The van der Waals surface area contributed by atoms with Crippen molar-refractivity contribution in [2.24, 2.45) is 5.84 Å². The molecule has 9 heteroatoms. The summed E-state index contributed by atoms with van der Waals surface area (Å²) in [6.07, 6.45) is 0. The van der Waals surface area contributed by atoms with E-state index in [1.165, 1.54) is 12.1 Å². The number of H-pyrrole nitrogens is 1. The van der Waals surface area contributed by atoms with Crippen LogP contribution in [0, 0.1) is 17.0 Å². The molecule has 0 amide bonds. The minimum atomic E-state index is -0.536. The molecule has 104 valence electrons. The number of nitro groups is 1. The Labute approximate surface area is 117 Å². The van der Waals surface area contributed by atoms with Crippen LogP contribution >= 0.6 is 11.8 Å². The number of rotatable bonds is 4. The third-order valence-electron chi connectivity index (χ3n) is 2.39. The van der Waals surface area contributed by atoms with Gasteiger partial charge < -0.3 is 10.4 Å². The molecule has 0 radical (unpaired) electrons. The van der Waals surface area contributed by atoms with Gasteiger partial charge in [0.25, 0.3) is 5.56 Å². The lowest BCUT2D eigenvalue weighted by Crippen LogP contribution is -2.10. The maximum absolute atomic E-state index is 11.4. The van der Waals surface area contributed by atoms with Crippen molar-refractivity contribution in [2.45, 2.75) is 17.0 Å². The summed E-state index contributed by atoms with van der Waals surface area (Å²) in [5, 5.41) is 11.4. The Bertz CT molecular complexity index is 715. The number of nitrogens with zero attached hydrogens (tertiary/aromatic N) is 2. The molecule has 0 unspecified atom stereocenters. The van der Waals surface area contributed by atoms with E-state index in [-0.39, 0.29) is 22.1 Å². The first kappa shape index (κ1) is 14.0. The van der Waals surface area contributed by atoms with Crippen LogP contribution in [0.1, 0.15) is 5.69 Å². The number of benzene rings is 1. The fourth-order valence-corrected chi connectivity index (χ4v) is 2.59. The van der Waals surface area contributed by atoms with Crippen LogP contribution in [-0.2, 0) is 0 Å². The first-order valence-electron chi connectivity index (χ1n) is 5.51. The van der Waals surface area contributed by atoms with E-state index in [4.69, 9.17) is 5.84 Å². The summed E-state index contributed by atoms with van der Waals surface area (Å²) < 4.78 is 0. The molecule has 1 aromatic heterocycles. The van der Waals surface area contributed by atoms with Gasteiger partial charge in [-0.15, -0.1) is 0 Å². The van der Waals surface area contributed by atoms with Gasteiger partial charge in [0.15, 0.2) is 5.16 Å². The van der Waals surface area contributed by atoms with Crippen LogP contribution in [-0.4, -0.2) is 14.9 Å². The topological polar surface area (TPSA) is 127 Å². The van der Waals surface area contributed by atoms with Gasteiger partial charge in [-0.05, 0) is 30.8 Å². The lowest BCUT2D eigenvalue weighted by Gasteiger charge is -2.06. The number of nitrogens with one attached hydrogen (secondary N) is 2. The lowest BCUT2D eigenvalue weighted by atomic mass is 10.3. The first-order chi connectivity index (χ1) is 9.51. The van der Waals surface area contributed by atoms with Crippen LogP contribution < -0.4 is 16.8 Å². The molecule has 1 heterocycles. The van der Waals surface area contributed by atoms with E-state index in [1.54, 1.807) is 19.1 Å². The first-order valence-corrected chi connectivity index (χ1v) is 6.32. The number of hydrogen-bond donors (Lipinski definition) is 3. The lowest BCUT2D eigenvalue weighted by molar-refractivity contribution is -0.386. The van der Waals surface area contributed by atoms with Crippen molar-refractivity contribution in [3.8, 4) is 0 Å². The van der Waals surface area contributed by atoms with Crippen molar-refractivity contribution in [3.05, 3.63) is 50.4 Å². The zero-order valence-electron chi connectivity index (χ0n) is 10.4. The fraction of sp³-hybridized carbons (Fsp3) is 0.0909. The number of aromatic nitrogens is 2. The van der Waals surface area contributed by atoms with E-state index >= 15 is 0 Å². The van der Waals surface area contributed by atoms with Gasteiger partial charge in [-0.1, -0.05) is 6.07 Å². The van der Waals surface area contributed by atoms with Crippen molar-refractivity contribution in [1.29, 1.82) is 0 Å². The van der Waals surface area contributed by atoms with Gasteiger partial charge >= 0.3 is 5.69 Å². The van der Waals surface area contributed by atoms with E-state index in [0.29, 0.717) is 10.6 Å². The fourth-order valence-electron chi connectivity index (χ4n) is 1.61. The minimum Gasteiger partial charge on any atom is -0.318 e. The third kappa shape index (κ3) is 2.95. The normalized spacial score (nSPS) is 10.3. The van der Waals surface area contributed by atoms with E-state index in [0.717, 1.165) is 11.8 Å². The predicted octanol–water partition coefficient (Wildman–Crippen LogP) is 1.42. The molecule has 0 atom stereocenters. The standard InChI is InChI=1S/C11H11N5O3S/c1-6-5-9(17)14-11(13-6)20-8-4-2-3-7(15-12)10(8)16(18)19/h2-5,15H,12H2,1H3,(H,13,14,17). The Balaban J connectivity index is 2.48. The smallest absolute Gasteiger partial charge is 0.307 e. The van der Waals surface area contributed by atoms with E-state index in [2.05, 4.69) is 15.4 Å². The molecule has 0 aliphatic heterocycles. The molecular formula is C11H11N5O3S. The molecule has 4 N–H and O–H groups in total. The van der Waals surface area contributed by atoms with Crippen LogP contribution in [0.3, 0.4) is 0 Å². The highest BCUT2D eigenvalue weighted by Gasteiger charge is 2.20. The molecule has 8 nitrogen and oxygen atoms in total. The monoisotopic (exact) mass is 293 g/mol. The molecule has 0 saturated heterocycles. The average Bonchev–Trinajstić information content (AvgIpc) is 2.36. The third-order valence-corrected chi connectivity index (χ3v) is 3.33. The molecule has 2 aromatic rings. The second kappa shape index (κ2) is 5.72. The highest BCUT2D eigenvalue weighted by Crippen LogP contribution is 2.37. The van der Waals surface area contributed by atoms with E-state index in [9.17, 15) is 14.9 Å². The summed E-state index contributed by atoms with van der Waals surface area (Å²) in [5.74, 6) is 5.26. The van der Waals surface area contributed by atoms with Gasteiger partial charge in [-0.3, -0.25) is 20.8 Å². The van der Waals surface area contributed by atoms with Crippen molar-refractivity contribution in [1.82, 2.24) is 9.97 Å². The highest BCUT2D eigenvalue weighted by molar-refractivity contribution is 7.99. The summed E-state index contributed by atoms with van der Waals surface area (Å²) in [5.41, 5.74) is 2.53. The van der Waals surface area contributed by atoms with Crippen LogP contribution in [0.4, 0.5) is 11.4 Å². The number of aromatic amines is 1. The second-order valence-corrected chi connectivity index (χ2v) is 4.88. The zero-order chi connectivity index (χ0) is 14.7. The quantitative estimate of drug-likeness (QED) is 0.336. The molecule has 20 heavy (non-hydrogen) atoms. The van der Waals surface area contributed by atoms with Crippen LogP contribution in [0.2, 0.25) is 0 Å². The Morgan fingerprint density at radius 3 is 2.85 bits per heavy atom. The maximum atomic E-state index is 11.4. The Morgan fingerprint density at radius 2 is 2.25 bits per heavy atom. The van der Waals surface area contributed by atoms with E-state index < -0.39 is 4.92 Å². The Kier molecular flexibility index (Phi) is 4.01. The molecule has 0 spiro atoms. The molecule has 0 saturated carbocycles. The molecule has 1 aromatic carbocycles. The molecule has 0 aliphatic rings. The predicted molar refractivity (Wildman–Crippen MR) is 74.6 cm³/mol. The van der Waals surface area contributed by atoms with Crippen molar-refractivity contribution < 1.29 is 4.92 Å². The maximum Gasteiger partial charge on any atom is 0.307 e. The van der Waals surface area contributed by atoms with E-state index in [1.807, 2.05) is 0 Å². The molecule has 0 bridgehead atoms. The Hall–Kier alpha value is -2.39. The van der Waals surface area contributed by atoms with Crippen LogP contribution in [0.25, 0.3) is 0 Å². The summed E-state index contributed by atoms with van der Waals surface area (Å²) in [6, 6.07) is 6.02. The number of hydrogen-bond acceptors (Lipinski definition) is 7. The summed E-state index contributed by atoms with van der Waals surface area (Å²) >= 11 is 0.997. The minimum absolute atomic E-state index is 0.163. The number of nitro benzene ring substituents is 1. The zero-order valence-corrected chi connectivity index (χ0v) is 11.2. The number of anilines is 1. The van der Waals surface area contributed by atoms with Crippen molar-refractivity contribution >= 4 is 23.1 Å². The number of aryl methyl sites for hydroxylation is 1. The number of para-hydroxylation sites is 1. The number of hydrazine groups is 1. The molecular weight excluding hydrogens is 282 g/mol. The average molecular weight is 293 g/mol. The van der Waals surface area contributed by atoms with Gasteiger partial charge in [-0.2, -0.15) is 0 Å². The number of nitrogen functional groups attached to an aromatic ring is 1. The number of nitrogens with two attached hydrogens (primary N) is 1. The van der Waals surface area contributed by atoms with Crippen LogP contribution in [0.15, 0.2) is 39.1 Å². The summed E-state index contributed by atoms with van der Waals surface area (Å²) in [6.45, 7) is 1.67. The van der Waals surface area contributed by atoms with Crippen molar-refractivity contribution in [3.63, 3.8) is 0 Å². The second-order valence-electron chi connectivity index (χ2n) is 3.85. The molecule has 0 fully saturated rings. The largest absolute Gasteiger partial charge is 0.318 e. The van der Waals surface area contributed by atoms with Crippen LogP contribution in [0.5, 0.6) is 0 Å². The Morgan fingerprint density at radius 1 is 1.50 bits per heavy atom. The van der Waals surface area contributed by atoms with Gasteiger partial charge in [-0.25, -0.2) is 4.98 Å². The van der Waals surface area contributed by atoms with Crippen molar-refractivity contribution in [2.75, 3.05) is 5.43 Å².